The van der Waals surface area contributed by atoms with Crippen molar-refractivity contribution in [2.45, 2.75) is 45.4 Å². The third kappa shape index (κ3) is 5.59. The van der Waals surface area contributed by atoms with E-state index in [0.29, 0.717) is 0 Å². The molecule has 0 saturated heterocycles. The van der Waals surface area contributed by atoms with Crippen molar-refractivity contribution in [3.63, 3.8) is 0 Å². The SMILES string of the molecule is CCCCCCCCOc1ccccc1-c1cc(OC)ccn1. The highest BCUT2D eigenvalue weighted by Crippen LogP contribution is 2.30. The highest BCUT2D eigenvalue weighted by atomic mass is 16.5. The lowest BCUT2D eigenvalue weighted by Crippen LogP contribution is -1.99. The summed E-state index contributed by atoms with van der Waals surface area (Å²) in [6.45, 7) is 3.00. The van der Waals surface area contributed by atoms with E-state index < -0.39 is 0 Å². The van der Waals surface area contributed by atoms with Crippen LogP contribution in [0.5, 0.6) is 11.5 Å². The fraction of sp³-hybridized carbons (Fsp3) is 0.450. The monoisotopic (exact) mass is 313 g/mol. The molecule has 0 atom stereocenters. The van der Waals surface area contributed by atoms with E-state index in [0.717, 1.165) is 35.8 Å². The quantitative estimate of drug-likeness (QED) is 0.543. The van der Waals surface area contributed by atoms with Crippen molar-refractivity contribution in [2.24, 2.45) is 0 Å². The number of benzene rings is 1. The van der Waals surface area contributed by atoms with E-state index in [4.69, 9.17) is 9.47 Å². The summed E-state index contributed by atoms with van der Waals surface area (Å²) in [6.07, 6.45) is 9.36. The normalized spacial score (nSPS) is 10.5. The van der Waals surface area contributed by atoms with Crippen LogP contribution in [-0.2, 0) is 0 Å². The predicted octanol–water partition coefficient (Wildman–Crippen LogP) is 5.50. The molecule has 3 heteroatoms. The van der Waals surface area contributed by atoms with E-state index in [1.807, 2.05) is 36.4 Å². The van der Waals surface area contributed by atoms with Gasteiger partial charge in [-0.1, -0.05) is 51.2 Å². The lowest BCUT2D eigenvalue weighted by Gasteiger charge is -2.11. The molecule has 3 nitrogen and oxygen atoms in total. The molecule has 23 heavy (non-hydrogen) atoms. The molecule has 0 aliphatic carbocycles. The van der Waals surface area contributed by atoms with E-state index in [1.54, 1.807) is 13.3 Å². The molecule has 0 N–H and O–H groups in total. The number of unbranched alkanes of at least 4 members (excludes halogenated alkanes) is 5. The van der Waals surface area contributed by atoms with Crippen LogP contribution in [0.4, 0.5) is 0 Å². The summed E-state index contributed by atoms with van der Waals surface area (Å²) in [5.41, 5.74) is 1.89. The lowest BCUT2D eigenvalue weighted by molar-refractivity contribution is 0.305. The molecule has 1 heterocycles. The molecule has 0 bridgehead atoms. The van der Waals surface area contributed by atoms with E-state index in [-0.39, 0.29) is 0 Å². The van der Waals surface area contributed by atoms with Gasteiger partial charge in [0.25, 0.3) is 0 Å². The Balaban J connectivity index is 1.92. The maximum atomic E-state index is 5.99. The van der Waals surface area contributed by atoms with Gasteiger partial charge in [-0.3, -0.25) is 4.98 Å². The van der Waals surface area contributed by atoms with Crippen LogP contribution in [0.15, 0.2) is 42.6 Å². The second kappa shape index (κ2) is 9.88. The van der Waals surface area contributed by atoms with Crippen molar-refractivity contribution >= 4 is 0 Å². The average molecular weight is 313 g/mol. The van der Waals surface area contributed by atoms with E-state index in [2.05, 4.69) is 11.9 Å². The number of pyridine rings is 1. The van der Waals surface area contributed by atoms with Gasteiger partial charge >= 0.3 is 0 Å². The van der Waals surface area contributed by atoms with Crippen LogP contribution in [0, 0.1) is 0 Å². The maximum absolute atomic E-state index is 5.99. The summed E-state index contributed by atoms with van der Waals surface area (Å²) in [4.78, 5) is 4.44. The summed E-state index contributed by atoms with van der Waals surface area (Å²) in [5, 5.41) is 0. The van der Waals surface area contributed by atoms with Gasteiger partial charge in [-0.05, 0) is 24.6 Å². The molecule has 0 unspecified atom stereocenters. The second-order valence-corrected chi connectivity index (χ2v) is 5.69. The van der Waals surface area contributed by atoms with Crippen LogP contribution in [0.1, 0.15) is 45.4 Å². The highest BCUT2D eigenvalue weighted by molar-refractivity contribution is 5.67. The Morgan fingerprint density at radius 1 is 0.957 bits per heavy atom. The number of hydrogen-bond acceptors (Lipinski definition) is 3. The highest BCUT2D eigenvalue weighted by Gasteiger charge is 2.08. The topological polar surface area (TPSA) is 31.4 Å². The van der Waals surface area contributed by atoms with Gasteiger partial charge < -0.3 is 9.47 Å². The van der Waals surface area contributed by atoms with Crippen molar-refractivity contribution in [1.29, 1.82) is 0 Å². The third-order valence-electron chi connectivity index (χ3n) is 3.89. The minimum atomic E-state index is 0.757. The van der Waals surface area contributed by atoms with Crippen LogP contribution in [0.2, 0.25) is 0 Å². The number of hydrogen-bond donors (Lipinski definition) is 0. The second-order valence-electron chi connectivity index (χ2n) is 5.69. The Hall–Kier alpha value is -2.03. The Labute approximate surface area is 139 Å². The number of rotatable bonds is 10. The van der Waals surface area contributed by atoms with Gasteiger partial charge in [0.1, 0.15) is 11.5 Å². The van der Waals surface area contributed by atoms with Gasteiger partial charge in [-0.15, -0.1) is 0 Å². The minimum Gasteiger partial charge on any atom is -0.497 e. The largest absolute Gasteiger partial charge is 0.497 e. The number of ether oxygens (including phenoxy) is 2. The van der Waals surface area contributed by atoms with Crippen LogP contribution in [0.25, 0.3) is 11.3 Å². The van der Waals surface area contributed by atoms with Crippen LogP contribution in [-0.4, -0.2) is 18.7 Å². The van der Waals surface area contributed by atoms with Crippen molar-refractivity contribution in [1.82, 2.24) is 4.98 Å². The zero-order chi connectivity index (χ0) is 16.3. The summed E-state index contributed by atoms with van der Waals surface area (Å²) in [6, 6.07) is 11.8. The summed E-state index contributed by atoms with van der Waals surface area (Å²) in [5.74, 6) is 1.70. The number of para-hydroxylation sites is 1. The first-order valence-corrected chi connectivity index (χ1v) is 8.57. The van der Waals surface area contributed by atoms with Gasteiger partial charge in [0.2, 0.25) is 0 Å². The van der Waals surface area contributed by atoms with Gasteiger partial charge in [0, 0.05) is 17.8 Å². The Morgan fingerprint density at radius 2 is 1.74 bits per heavy atom. The molecular weight excluding hydrogens is 286 g/mol. The summed E-state index contributed by atoms with van der Waals surface area (Å²) < 4.78 is 11.3. The standard InChI is InChI=1S/C20H27NO2/c1-3-4-5-6-7-10-15-23-20-12-9-8-11-18(20)19-16-17(22-2)13-14-21-19/h8-9,11-14,16H,3-7,10,15H2,1-2H3. The molecular formula is C20H27NO2. The molecule has 0 saturated carbocycles. The van der Waals surface area contributed by atoms with Gasteiger partial charge in [-0.2, -0.15) is 0 Å². The van der Waals surface area contributed by atoms with Gasteiger partial charge in [0.05, 0.1) is 19.4 Å². The van der Waals surface area contributed by atoms with Crippen molar-refractivity contribution in [3.05, 3.63) is 42.6 Å². The predicted molar refractivity (Wildman–Crippen MR) is 95.1 cm³/mol. The van der Waals surface area contributed by atoms with Gasteiger partial charge in [0.15, 0.2) is 0 Å². The van der Waals surface area contributed by atoms with Gasteiger partial charge in [-0.25, -0.2) is 0 Å². The molecule has 0 amide bonds. The number of aromatic nitrogens is 1. The van der Waals surface area contributed by atoms with Crippen molar-refractivity contribution in [3.8, 4) is 22.8 Å². The maximum Gasteiger partial charge on any atom is 0.128 e. The molecule has 0 fully saturated rings. The summed E-state index contributed by atoms with van der Waals surface area (Å²) in [7, 11) is 1.67. The van der Waals surface area contributed by atoms with Crippen LogP contribution in [0.3, 0.4) is 0 Å². The van der Waals surface area contributed by atoms with E-state index in [9.17, 15) is 0 Å². The molecule has 1 aromatic heterocycles. The Kier molecular flexibility index (Phi) is 7.44. The van der Waals surface area contributed by atoms with E-state index in [1.165, 1.54) is 32.1 Å². The molecule has 0 aliphatic rings. The zero-order valence-corrected chi connectivity index (χ0v) is 14.3. The van der Waals surface area contributed by atoms with Crippen LogP contribution >= 0.6 is 0 Å². The Bertz CT molecular complexity index is 583. The minimum absolute atomic E-state index is 0.757. The van der Waals surface area contributed by atoms with Crippen LogP contribution < -0.4 is 9.47 Å². The number of nitrogens with zero attached hydrogens (tertiary/aromatic N) is 1. The molecule has 2 rings (SSSR count). The molecule has 2 aromatic rings. The van der Waals surface area contributed by atoms with E-state index >= 15 is 0 Å². The summed E-state index contributed by atoms with van der Waals surface area (Å²) >= 11 is 0. The first kappa shape index (κ1) is 17.3. The zero-order valence-electron chi connectivity index (χ0n) is 14.3. The van der Waals surface area contributed by atoms with Crippen molar-refractivity contribution in [2.75, 3.05) is 13.7 Å². The smallest absolute Gasteiger partial charge is 0.128 e. The molecule has 0 radical (unpaired) electrons. The van der Waals surface area contributed by atoms with Crippen molar-refractivity contribution < 1.29 is 9.47 Å². The third-order valence-corrected chi connectivity index (χ3v) is 3.89. The first-order valence-electron chi connectivity index (χ1n) is 8.57. The lowest BCUT2D eigenvalue weighted by atomic mass is 10.1. The molecule has 124 valence electrons. The first-order chi connectivity index (χ1) is 11.3. The fourth-order valence-electron chi connectivity index (χ4n) is 2.55. The molecule has 0 aliphatic heterocycles. The average Bonchev–Trinajstić information content (AvgIpc) is 2.61. The Morgan fingerprint density at radius 3 is 2.57 bits per heavy atom. The molecule has 1 aromatic carbocycles. The number of methoxy groups -OCH3 is 1. The fourth-order valence-corrected chi connectivity index (χ4v) is 2.55. The molecule has 0 spiro atoms.